The molecule has 0 aliphatic rings. The van der Waals surface area contributed by atoms with Crippen molar-refractivity contribution in [2.75, 3.05) is 16.0 Å². The second kappa shape index (κ2) is 8.34. The van der Waals surface area contributed by atoms with Crippen LogP contribution < -0.4 is 20.7 Å². The number of urea groups is 1. The minimum atomic E-state index is -0.585. The number of rotatable bonds is 4. The van der Waals surface area contributed by atoms with E-state index in [1.54, 1.807) is 48.5 Å². The number of anilines is 3. The first-order chi connectivity index (χ1) is 12.7. The van der Waals surface area contributed by atoms with E-state index in [0.717, 1.165) is 0 Å². The van der Waals surface area contributed by atoms with Gasteiger partial charge in [0, 0.05) is 17.1 Å². The van der Waals surface area contributed by atoms with Crippen LogP contribution in [0.4, 0.5) is 26.7 Å². The number of hydrogen-bond donors (Lipinski definition) is 3. The number of amides is 3. The first-order valence-electron chi connectivity index (χ1n) is 7.96. The third kappa shape index (κ3) is 5.10. The molecule has 0 aliphatic heterocycles. The molecule has 3 amide bonds. The van der Waals surface area contributed by atoms with Gasteiger partial charge in [0.2, 0.25) is 0 Å². The number of ether oxygens (including phenoxy) is 1. The standard InChI is InChI=1S/C20H17N3O3/c24-19(21-15-7-3-1-4-8-15)22-17-11-13-18(14-12-17)26-20(25)23-16-9-5-2-6-10-16/h1-14H,(H,23,25)(H2,21,22,24). The van der Waals surface area contributed by atoms with Crippen LogP contribution in [-0.2, 0) is 0 Å². The van der Waals surface area contributed by atoms with Crippen molar-refractivity contribution in [2.24, 2.45) is 0 Å². The first kappa shape index (κ1) is 17.0. The summed E-state index contributed by atoms with van der Waals surface area (Å²) in [6.07, 6.45) is -0.585. The summed E-state index contributed by atoms with van der Waals surface area (Å²) in [4.78, 5) is 23.8. The summed E-state index contributed by atoms with van der Waals surface area (Å²) in [6, 6.07) is 24.3. The maximum Gasteiger partial charge on any atom is 0.417 e. The molecular weight excluding hydrogens is 330 g/mol. The second-order valence-corrected chi connectivity index (χ2v) is 5.35. The van der Waals surface area contributed by atoms with Crippen molar-refractivity contribution in [2.45, 2.75) is 0 Å². The van der Waals surface area contributed by atoms with Crippen molar-refractivity contribution in [1.82, 2.24) is 0 Å². The molecule has 6 heteroatoms. The molecule has 0 saturated heterocycles. The highest BCUT2D eigenvalue weighted by molar-refractivity contribution is 5.99. The molecule has 3 rings (SSSR count). The molecule has 0 spiro atoms. The molecule has 26 heavy (non-hydrogen) atoms. The van der Waals surface area contributed by atoms with E-state index in [4.69, 9.17) is 4.74 Å². The molecule has 0 radical (unpaired) electrons. The van der Waals surface area contributed by atoms with E-state index < -0.39 is 6.09 Å². The van der Waals surface area contributed by atoms with E-state index >= 15 is 0 Å². The molecule has 0 atom stereocenters. The minimum absolute atomic E-state index is 0.355. The summed E-state index contributed by atoms with van der Waals surface area (Å²) < 4.78 is 5.20. The summed E-state index contributed by atoms with van der Waals surface area (Å²) in [6.45, 7) is 0. The minimum Gasteiger partial charge on any atom is -0.410 e. The van der Waals surface area contributed by atoms with Crippen LogP contribution in [0.5, 0.6) is 5.75 Å². The van der Waals surface area contributed by atoms with Crippen LogP contribution in [0.25, 0.3) is 0 Å². The third-order valence-corrected chi connectivity index (χ3v) is 3.37. The zero-order valence-electron chi connectivity index (χ0n) is 13.8. The van der Waals surface area contributed by atoms with Crippen LogP contribution >= 0.6 is 0 Å². The summed E-state index contributed by atoms with van der Waals surface area (Å²) in [7, 11) is 0. The molecule has 3 aromatic rings. The SMILES string of the molecule is O=C(Nc1ccccc1)Nc1ccc(OC(=O)Nc2ccccc2)cc1. The molecule has 0 saturated carbocycles. The monoisotopic (exact) mass is 347 g/mol. The zero-order valence-corrected chi connectivity index (χ0v) is 13.8. The van der Waals surface area contributed by atoms with Gasteiger partial charge in [-0.1, -0.05) is 36.4 Å². The Morgan fingerprint density at radius 3 is 1.58 bits per heavy atom. The van der Waals surface area contributed by atoms with Crippen molar-refractivity contribution in [3.05, 3.63) is 84.9 Å². The molecule has 3 N–H and O–H groups in total. The molecular formula is C20H17N3O3. The van der Waals surface area contributed by atoms with E-state index in [9.17, 15) is 9.59 Å². The van der Waals surface area contributed by atoms with Crippen molar-refractivity contribution in [3.63, 3.8) is 0 Å². The first-order valence-corrected chi connectivity index (χ1v) is 7.96. The largest absolute Gasteiger partial charge is 0.417 e. The number of hydrogen-bond acceptors (Lipinski definition) is 3. The van der Waals surface area contributed by atoms with Crippen molar-refractivity contribution in [1.29, 1.82) is 0 Å². The average molecular weight is 347 g/mol. The van der Waals surface area contributed by atoms with E-state index in [1.165, 1.54) is 0 Å². The van der Waals surface area contributed by atoms with Gasteiger partial charge in [-0.25, -0.2) is 9.59 Å². The lowest BCUT2D eigenvalue weighted by Crippen LogP contribution is -2.19. The Bertz CT molecular complexity index is 791. The normalized spacial score (nSPS) is 9.85. The van der Waals surface area contributed by atoms with E-state index in [2.05, 4.69) is 16.0 Å². The van der Waals surface area contributed by atoms with Gasteiger partial charge in [0.15, 0.2) is 0 Å². The van der Waals surface area contributed by atoms with Gasteiger partial charge >= 0.3 is 12.1 Å². The predicted molar refractivity (Wildman–Crippen MR) is 102 cm³/mol. The van der Waals surface area contributed by atoms with Crippen LogP contribution in [0.2, 0.25) is 0 Å². The maximum absolute atomic E-state index is 11.9. The molecule has 130 valence electrons. The fourth-order valence-electron chi connectivity index (χ4n) is 2.19. The number of carbonyl (C=O) groups excluding carboxylic acids is 2. The van der Waals surface area contributed by atoms with Crippen LogP contribution in [0.1, 0.15) is 0 Å². The van der Waals surface area contributed by atoms with Gasteiger partial charge in [-0.15, -0.1) is 0 Å². The lowest BCUT2D eigenvalue weighted by Gasteiger charge is -2.09. The summed E-state index contributed by atoms with van der Waals surface area (Å²) in [5.41, 5.74) is 1.92. The molecule has 0 aromatic heterocycles. The van der Waals surface area contributed by atoms with Gasteiger partial charge < -0.3 is 15.4 Å². The number of carbonyl (C=O) groups is 2. The molecule has 0 bridgehead atoms. The van der Waals surface area contributed by atoms with E-state index in [0.29, 0.717) is 22.8 Å². The van der Waals surface area contributed by atoms with Gasteiger partial charge in [-0.2, -0.15) is 0 Å². The van der Waals surface area contributed by atoms with Gasteiger partial charge in [-0.3, -0.25) is 5.32 Å². The zero-order chi connectivity index (χ0) is 18.2. The Hall–Kier alpha value is -3.80. The van der Waals surface area contributed by atoms with Crippen molar-refractivity contribution in [3.8, 4) is 5.75 Å². The van der Waals surface area contributed by atoms with Crippen LogP contribution in [0, 0.1) is 0 Å². The highest BCUT2D eigenvalue weighted by Gasteiger charge is 2.06. The molecule has 0 fully saturated rings. The molecule has 0 heterocycles. The smallest absolute Gasteiger partial charge is 0.410 e. The summed E-state index contributed by atoms with van der Waals surface area (Å²) in [5, 5.41) is 8.05. The van der Waals surface area contributed by atoms with E-state index in [1.807, 2.05) is 36.4 Å². The Morgan fingerprint density at radius 1 is 0.577 bits per heavy atom. The Morgan fingerprint density at radius 2 is 1.04 bits per heavy atom. The number of para-hydroxylation sites is 2. The molecule has 0 unspecified atom stereocenters. The quantitative estimate of drug-likeness (QED) is 0.625. The molecule has 3 aromatic carbocycles. The van der Waals surface area contributed by atoms with Crippen LogP contribution in [0.3, 0.4) is 0 Å². The van der Waals surface area contributed by atoms with Gasteiger partial charge in [0.25, 0.3) is 0 Å². The molecule has 0 aliphatic carbocycles. The Labute approximate surface area is 150 Å². The number of benzene rings is 3. The Balaban J connectivity index is 1.51. The predicted octanol–water partition coefficient (Wildman–Crippen LogP) is 4.94. The second-order valence-electron chi connectivity index (χ2n) is 5.35. The lowest BCUT2D eigenvalue weighted by atomic mass is 10.3. The fraction of sp³-hybridized carbons (Fsp3) is 0. The highest BCUT2D eigenvalue weighted by Crippen LogP contribution is 2.17. The van der Waals surface area contributed by atoms with Crippen LogP contribution in [0.15, 0.2) is 84.9 Å². The number of nitrogens with one attached hydrogen (secondary N) is 3. The van der Waals surface area contributed by atoms with Gasteiger partial charge in [0.05, 0.1) is 0 Å². The summed E-state index contributed by atoms with van der Waals surface area (Å²) in [5.74, 6) is 0.368. The van der Waals surface area contributed by atoms with Gasteiger partial charge in [0.1, 0.15) is 5.75 Å². The maximum atomic E-state index is 11.9. The Kier molecular flexibility index (Phi) is 5.47. The highest BCUT2D eigenvalue weighted by atomic mass is 16.6. The van der Waals surface area contributed by atoms with Crippen LogP contribution in [-0.4, -0.2) is 12.1 Å². The van der Waals surface area contributed by atoms with E-state index in [-0.39, 0.29) is 6.03 Å². The fourth-order valence-corrected chi connectivity index (χ4v) is 2.19. The van der Waals surface area contributed by atoms with Crippen molar-refractivity contribution < 1.29 is 14.3 Å². The summed E-state index contributed by atoms with van der Waals surface area (Å²) >= 11 is 0. The topological polar surface area (TPSA) is 79.5 Å². The lowest BCUT2D eigenvalue weighted by molar-refractivity contribution is 0.215. The van der Waals surface area contributed by atoms with Gasteiger partial charge in [-0.05, 0) is 48.5 Å². The average Bonchev–Trinajstić information content (AvgIpc) is 2.65. The van der Waals surface area contributed by atoms with Crippen molar-refractivity contribution >= 4 is 29.2 Å². The molecule has 6 nitrogen and oxygen atoms in total. The third-order valence-electron chi connectivity index (χ3n) is 3.37.